The van der Waals surface area contributed by atoms with Gasteiger partial charge in [-0.2, -0.15) is 13.2 Å². The number of carbonyl (C=O) groups excluding carboxylic acids is 1. The highest BCUT2D eigenvalue weighted by Crippen LogP contribution is 2.22. The molecule has 0 fully saturated rings. The van der Waals surface area contributed by atoms with Crippen molar-refractivity contribution >= 4 is 33.4 Å². The summed E-state index contributed by atoms with van der Waals surface area (Å²) in [7, 11) is 1.32. The monoisotopic (exact) mass is 343 g/mol. The molecule has 0 unspecified atom stereocenters. The Labute approximate surface area is 116 Å². The van der Waals surface area contributed by atoms with Crippen molar-refractivity contribution in [1.29, 1.82) is 0 Å². The molecule has 0 saturated carbocycles. The summed E-state index contributed by atoms with van der Waals surface area (Å²) in [5.74, 6) is -0.498. The van der Waals surface area contributed by atoms with E-state index in [0.717, 1.165) is 4.90 Å². The lowest BCUT2D eigenvalue weighted by atomic mass is 10.2. The van der Waals surface area contributed by atoms with Gasteiger partial charge in [0.2, 0.25) is 0 Å². The summed E-state index contributed by atoms with van der Waals surface area (Å²) in [5.41, 5.74) is 0.249. The van der Waals surface area contributed by atoms with Gasteiger partial charge < -0.3 is 4.90 Å². The molecule has 0 aromatic heterocycles. The molecule has 0 atom stereocenters. The second-order valence-corrected chi connectivity index (χ2v) is 5.10. The minimum Gasteiger partial charge on any atom is -0.341 e. The predicted octanol–water partition coefficient (Wildman–Crippen LogP) is 4.13. The fourth-order valence-corrected chi connectivity index (χ4v) is 2.15. The standard InChI is InChI=1S/C11H10BrClF3NO/c1-17(3-2-11(14,15)16)10(18)7-4-8(12)6-9(13)5-7/h4-6H,2-3H2,1H3. The summed E-state index contributed by atoms with van der Waals surface area (Å²) < 4.78 is 36.7. The maximum Gasteiger partial charge on any atom is 0.390 e. The number of halogens is 5. The van der Waals surface area contributed by atoms with Gasteiger partial charge in [0.05, 0.1) is 6.42 Å². The summed E-state index contributed by atoms with van der Waals surface area (Å²) >= 11 is 8.93. The zero-order chi connectivity index (χ0) is 13.9. The topological polar surface area (TPSA) is 20.3 Å². The second-order valence-electron chi connectivity index (χ2n) is 3.75. The number of carbonyl (C=O) groups is 1. The third kappa shape index (κ3) is 4.86. The van der Waals surface area contributed by atoms with Crippen LogP contribution in [0.15, 0.2) is 22.7 Å². The van der Waals surface area contributed by atoms with E-state index in [-0.39, 0.29) is 12.1 Å². The quantitative estimate of drug-likeness (QED) is 0.807. The zero-order valence-electron chi connectivity index (χ0n) is 9.39. The van der Waals surface area contributed by atoms with E-state index in [2.05, 4.69) is 15.9 Å². The van der Waals surface area contributed by atoms with Crippen molar-refractivity contribution in [3.63, 3.8) is 0 Å². The maximum absolute atomic E-state index is 12.0. The van der Waals surface area contributed by atoms with Gasteiger partial charge in [-0.3, -0.25) is 4.79 Å². The van der Waals surface area contributed by atoms with E-state index in [1.165, 1.54) is 19.2 Å². The first-order chi connectivity index (χ1) is 8.19. The van der Waals surface area contributed by atoms with Crippen LogP contribution in [0.2, 0.25) is 5.02 Å². The Hall–Kier alpha value is -0.750. The van der Waals surface area contributed by atoms with E-state index in [9.17, 15) is 18.0 Å². The summed E-state index contributed by atoms with van der Waals surface area (Å²) in [6.07, 6.45) is -5.31. The molecule has 1 amide bonds. The molecule has 1 rings (SSSR count). The van der Waals surface area contributed by atoms with Crippen molar-refractivity contribution in [2.45, 2.75) is 12.6 Å². The molecule has 0 aliphatic carbocycles. The third-order valence-corrected chi connectivity index (χ3v) is 2.86. The third-order valence-electron chi connectivity index (χ3n) is 2.19. The average molecular weight is 345 g/mol. The van der Waals surface area contributed by atoms with Gasteiger partial charge in [-0.15, -0.1) is 0 Å². The van der Waals surface area contributed by atoms with Crippen molar-refractivity contribution in [3.05, 3.63) is 33.3 Å². The Balaban J connectivity index is 2.74. The predicted molar refractivity (Wildman–Crippen MR) is 66.8 cm³/mol. The number of nitrogens with zero attached hydrogens (tertiary/aromatic N) is 1. The van der Waals surface area contributed by atoms with Crippen molar-refractivity contribution in [3.8, 4) is 0 Å². The molecule has 0 N–H and O–H groups in total. The van der Waals surface area contributed by atoms with Crippen LogP contribution in [0.25, 0.3) is 0 Å². The first kappa shape index (κ1) is 15.3. The van der Waals surface area contributed by atoms with E-state index in [0.29, 0.717) is 9.50 Å². The molecule has 0 aliphatic rings. The molecule has 7 heteroatoms. The molecule has 0 aliphatic heterocycles. The van der Waals surface area contributed by atoms with E-state index in [1.54, 1.807) is 6.07 Å². The molecular weight excluding hydrogens is 334 g/mol. The molecular formula is C11H10BrClF3NO. The van der Waals surface area contributed by atoms with Crippen molar-refractivity contribution in [1.82, 2.24) is 4.90 Å². The van der Waals surface area contributed by atoms with Gasteiger partial charge in [-0.25, -0.2) is 0 Å². The number of hydrogen-bond donors (Lipinski definition) is 0. The van der Waals surface area contributed by atoms with Crippen LogP contribution in [0.5, 0.6) is 0 Å². The van der Waals surface area contributed by atoms with Crippen LogP contribution in [0.4, 0.5) is 13.2 Å². The van der Waals surface area contributed by atoms with E-state index in [1.807, 2.05) is 0 Å². The molecule has 1 aromatic rings. The Kier molecular flexibility index (Phi) is 5.04. The lowest BCUT2D eigenvalue weighted by molar-refractivity contribution is -0.136. The van der Waals surface area contributed by atoms with Gasteiger partial charge in [0.25, 0.3) is 5.91 Å². The molecule has 0 heterocycles. The van der Waals surface area contributed by atoms with E-state index >= 15 is 0 Å². The number of amides is 1. The van der Waals surface area contributed by atoms with Crippen molar-refractivity contribution in [2.24, 2.45) is 0 Å². The molecule has 0 radical (unpaired) electrons. The number of benzene rings is 1. The lowest BCUT2D eigenvalue weighted by Crippen LogP contribution is -2.30. The molecule has 18 heavy (non-hydrogen) atoms. The Bertz CT molecular complexity index is 430. The first-order valence-electron chi connectivity index (χ1n) is 4.97. The highest BCUT2D eigenvalue weighted by molar-refractivity contribution is 9.10. The van der Waals surface area contributed by atoms with Crippen LogP contribution in [0.1, 0.15) is 16.8 Å². The molecule has 0 bridgehead atoms. The second kappa shape index (κ2) is 5.93. The van der Waals surface area contributed by atoms with Gasteiger partial charge in [0, 0.05) is 28.7 Å². The molecule has 1 aromatic carbocycles. The van der Waals surface area contributed by atoms with Crippen molar-refractivity contribution < 1.29 is 18.0 Å². The van der Waals surface area contributed by atoms with Crippen LogP contribution >= 0.6 is 27.5 Å². The SMILES string of the molecule is CN(CCC(F)(F)F)C(=O)c1cc(Cl)cc(Br)c1. The largest absolute Gasteiger partial charge is 0.390 e. The van der Waals surface area contributed by atoms with Crippen LogP contribution in [-0.4, -0.2) is 30.6 Å². The summed E-state index contributed by atoms with van der Waals surface area (Å²) in [6, 6.07) is 4.52. The van der Waals surface area contributed by atoms with Gasteiger partial charge in [0.1, 0.15) is 0 Å². The fourth-order valence-electron chi connectivity index (χ4n) is 1.29. The maximum atomic E-state index is 12.0. The van der Waals surface area contributed by atoms with Gasteiger partial charge in [-0.1, -0.05) is 27.5 Å². The number of alkyl halides is 3. The average Bonchev–Trinajstić information content (AvgIpc) is 2.22. The Morgan fingerprint density at radius 1 is 1.39 bits per heavy atom. The Morgan fingerprint density at radius 3 is 2.50 bits per heavy atom. The zero-order valence-corrected chi connectivity index (χ0v) is 11.7. The summed E-state index contributed by atoms with van der Waals surface area (Å²) in [4.78, 5) is 12.9. The van der Waals surface area contributed by atoms with Crippen LogP contribution in [0, 0.1) is 0 Å². The van der Waals surface area contributed by atoms with Gasteiger partial charge >= 0.3 is 6.18 Å². The summed E-state index contributed by atoms with van der Waals surface area (Å²) in [5, 5.41) is 0.344. The number of hydrogen-bond acceptors (Lipinski definition) is 1. The molecule has 100 valence electrons. The molecule has 2 nitrogen and oxygen atoms in total. The minimum absolute atomic E-state index is 0.249. The van der Waals surface area contributed by atoms with E-state index in [4.69, 9.17) is 11.6 Å². The lowest BCUT2D eigenvalue weighted by Gasteiger charge is -2.18. The number of rotatable bonds is 3. The fraction of sp³-hybridized carbons (Fsp3) is 0.364. The summed E-state index contributed by atoms with van der Waals surface area (Å²) in [6.45, 7) is -0.382. The van der Waals surface area contributed by atoms with Crippen LogP contribution in [0.3, 0.4) is 0 Å². The highest BCUT2D eigenvalue weighted by Gasteiger charge is 2.28. The normalized spacial score (nSPS) is 11.4. The Morgan fingerprint density at radius 2 is 2.00 bits per heavy atom. The highest BCUT2D eigenvalue weighted by atomic mass is 79.9. The van der Waals surface area contributed by atoms with Gasteiger partial charge in [0.15, 0.2) is 0 Å². The van der Waals surface area contributed by atoms with E-state index < -0.39 is 18.5 Å². The van der Waals surface area contributed by atoms with Crippen molar-refractivity contribution in [2.75, 3.05) is 13.6 Å². The molecule has 0 spiro atoms. The van der Waals surface area contributed by atoms with Crippen LogP contribution < -0.4 is 0 Å². The van der Waals surface area contributed by atoms with Gasteiger partial charge in [-0.05, 0) is 18.2 Å². The van der Waals surface area contributed by atoms with Crippen LogP contribution in [-0.2, 0) is 0 Å². The minimum atomic E-state index is -4.27. The first-order valence-corrected chi connectivity index (χ1v) is 6.14. The smallest absolute Gasteiger partial charge is 0.341 e. The molecule has 0 saturated heterocycles.